The van der Waals surface area contributed by atoms with Gasteiger partial charge in [0.25, 0.3) is 5.56 Å². The number of nitrogens with zero attached hydrogens (tertiary/aromatic N) is 4. The number of carbonyl (C=O) groups is 1. The van der Waals surface area contributed by atoms with E-state index in [2.05, 4.69) is 20.9 Å². The predicted octanol–water partition coefficient (Wildman–Crippen LogP) is 0.539. The van der Waals surface area contributed by atoms with E-state index in [0.717, 1.165) is 4.57 Å². The van der Waals surface area contributed by atoms with Gasteiger partial charge in [-0.15, -0.1) is 0 Å². The number of hydrogen-bond acceptors (Lipinski definition) is 5. The van der Waals surface area contributed by atoms with Gasteiger partial charge in [-0.2, -0.15) is 0 Å². The Kier molecular flexibility index (Phi) is 4.84. The number of halogens is 1. The molecule has 2 aromatic rings. The van der Waals surface area contributed by atoms with Crippen LogP contribution in [0.2, 0.25) is 0 Å². The van der Waals surface area contributed by atoms with Gasteiger partial charge in [0.05, 0.1) is 6.61 Å². The van der Waals surface area contributed by atoms with Gasteiger partial charge < -0.3 is 9.30 Å². The number of carbonyl (C=O) groups excluding carboxylic acids is 1. The summed E-state index contributed by atoms with van der Waals surface area (Å²) in [5, 5.41) is 0. The Balaban J connectivity index is 2.39. The zero-order valence-electron chi connectivity index (χ0n) is 12.6. The molecule has 8 nitrogen and oxygen atoms in total. The maximum Gasteiger partial charge on any atom is 0.332 e. The van der Waals surface area contributed by atoms with Crippen LogP contribution in [0.25, 0.3) is 11.2 Å². The van der Waals surface area contributed by atoms with Crippen molar-refractivity contribution in [3.63, 3.8) is 0 Å². The maximum absolute atomic E-state index is 12.3. The van der Waals surface area contributed by atoms with Gasteiger partial charge in [-0.25, -0.2) is 9.78 Å². The third-order valence-corrected chi connectivity index (χ3v) is 3.97. The molecule has 0 saturated heterocycles. The Hall–Kier alpha value is -1.90. The lowest BCUT2D eigenvalue weighted by molar-refractivity contribution is -0.143. The van der Waals surface area contributed by atoms with E-state index in [1.54, 1.807) is 18.5 Å². The molecule has 0 bridgehead atoms. The number of esters is 1. The van der Waals surface area contributed by atoms with Gasteiger partial charge in [-0.3, -0.25) is 18.7 Å². The van der Waals surface area contributed by atoms with Gasteiger partial charge in [0.15, 0.2) is 15.9 Å². The smallest absolute Gasteiger partial charge is 0.332 e. The summed E-state index contributed by atoms with van der Waals surface area (Å²) in [7, 11) is 2.99. The monoisotopic (exact) mass is 372 g/mol. The molecule has 0 atom stereocenters. The highest BCUT2D eigenvalue weighted by Gasteiger charge is 2.17. The second-order valence-electron chi connectivity index (χ2n) is 4.82. The fraction of sp³-hybridized carbons (Fsp3) is 0.538. The highest BCUT2D eigenvalue weighted by Crippen LogP contribution is 2.17. The number of hydrogen-bond donors (Lipinski definition) is 0. The Labute approximate surface area is 134 Å². The molecule has 0 aromatic carbocycles. The van der Waals surface area contributed by atoms with Gasteiger partial charge in [0.1, 0.15) is 0 Å². The molecule has 120 valence electrons. The summed E-state index contributed by atoms with van der Waals surface area (Å²) >= 11 is 3.30. The molecule has 22 heavy (non-hydrogen) atoms. The molecular weight excluding hydrogens is 356 g/mol. The van der Waals surface area contributed by atoms with E-state index in [1.165, 1.54) is 11.6 Å². The van der Waals surface area contributed by atoms with Crippen LogP contribution >= 0.6 is 15.9 Å². The minimum Gasteiger partial charge on any atom is -0.466 e. The summed E-state index contributed by atoms with van der Waals surface area (Å²) in [6.45, 7) is 2.52. The first-order valence-corrected chi connectivity index (χ1v) is 7.65. The lowest BCUT2D eigenvalue weighted by Gasteiger charge is -2.07. The van der Waals surface area contributed by atoms with Gasteiger partial charge in [-0.1, -0.05) is 0 Å². The molecule has 0 fully saturated rings. The molecule has 0 amide bonds. The van der Waals surface area contributed by atoms with E-state index < -0.39 is 11.2 Å². The number of rotatable bonds is 5. The van der Waals surface area contributed by atoms with Gasteiger partial charge >= 0.3 is 11.7 Å². The highest BCUT2D eigenvalue weighted by molar-refractivity contribution is 9.10. The minimum absolute atomic E-state index is 0.256. The first-order valence-electron chi connectivity index (χ1n) is 6.85. The third-order valence-electron chi connectivity index (χ3n) is 3.37. The maximum atomic E-state index is 12.3. The van der Waals surface area contributed by atoms with Crippen molar-refractivity contribution < 1.29 is 9.53 Å². The molecule has 0 radical (unpaired) electrons. The average molecular weight is 373 g/mol. The lowest BCUT2D eigenvalue weighted by Crippen LogP contribution is -2.37. The summed E-state index contributed by atoms with van der Waals surface area (Å²) in [4.78, 5) is 39.8. The zero-order valence-corrected chi connectivity index (χ0v) is 14.2. The molecule has 9 heteroatoms. The highest BCUT2D eigenvalue weighted by atomic mass is 79.9. The minimum atomic E-state index is -0.429. The molecule has 2 aromatic heterocycles. The summed E-state index contributed by atoms with van der Waals surface area (Å²) in [6.07, 6.45) is 0.765. The summed E-state index contributed by atoms with van der Waals surface area (Å²) in [5.41, 5.74) is -0.190. The number of fused-ring (bicyclic) bond motifs is 1. The van der Waals surface area contributed by atoms with Crippen LogP contribution in [0.3, 0.4) is 0 Å². The molecule has 0 aliphatic carbocycles. The SMILES string of the molecule is CCOC(=O)CCCn1c(Br)nc2c1c(=O)n(C)c(=O)n2C. The number of aromatic nitrogens is 4. The van der Waals surface area contributed by atoms with E-state index in [1.807, 2.05) is 0 Å². The van der Waals surface area contributed by atoms with Crippen molar-refractivity contribution in [3.05, 3.63) is 25.6 Å². The standard InChI is InChI=1S/C13H17BrN4O4/c1-4-22-8(19)6-5-7-18-9-10(15-12(18)14)16(2)13(21)17(3)11(9)20/h4-7H2,1-3H3. The van der Waals surface area contributed by atoms with Crippen molar-refractivity contribution in [2.24, 2.45) is 14.1 Å². The molecule has 0 unspecified atom stereocenters. The van der Waals surface area contributed by atoms with Gasteiger partial charge in [-0.05, 0) is 29.3 Å². The number of aryl methyl sites for hydroxylation is 2. The molecule has 0 aliphatic heterocycles. The van der Waals surface area contributed by atoms with Crippen molar-refractivity contribution in [2.75, 3.05) is 6.61 Å². The topological polar surface area (TPSA) is 88.1 Å². The quantitative estimate of drug-likeness (QED) is 0.564. The van der Waals surface area contributed by atoms with Crippen LogP contribution in [0.5, 0.6) is 0 Å². The first kappa shape index (κ1) is 16.5. The molecule has 2 heterocycles. The van der Waals surface area contributed by atoms with Crippen LogP contribution < -0.4 is 11.2 Å². The van der Waals surface area contributed by atoms with Crippen molar-refractivity contribution in [3.8, 4) is 0 Å². The first-order chi connectivity index (χ1) is 10.4. The molecule has 0 aliphatic rings. The Morgan fingerprint density at radius 3 is 2.59 bits per heavy atom. The predicted molar refractivity (Wildman–Crippen MR) is 83.8 cm³/mol. The molecule has 0 spiro atoms. The van der Waals surface area contributed by atoms with Crippen molar-refractivity contribution in [1.29, 1.82) is 0 Å². The fourth-order valence-corrected chi connectivity index (χ4v) is 2.76. The van der Waals surface area contributed by atoms with Crippen LogP contribution in [0, 0.1) is 0 Å². The molecule has 0 saturated carbocycles. The van der Waals surface area contributed by atoms with Crippen LogP contribution in [-0.4, -0.2) is 31.3 Å². The lowest BCUT2D eigenvalue weighted by atomic mass is 10.3. The van der Waals surface area contributed by atoms with E-state index in [4.69, 9.17) is 4.74 Å². The van der Waals surface area contributed by atoms with Crippen LogP contribution in [0.15, 0.2) is 14.3 Å². The van der Waals surface area contributed by atoms with Crippen molar-refractivity contribution in [2.45, 2.75) is 26.3 Å². The normalized spacial score (nSPS) is 11.1. The van der Waals surface area contributed by atoms with Crippen LogP contribution in [-0.2, 0) is 30.2 Å². The Morgan fingerprint density at radius 1 is 1.27 bits per heavy atom. The summed E-state index contributed by atoms with van der Waals surface area (Å²) in [6, 6.07) is 0. The van der Waals surface area contributed by atoms with E-state index in [9.17, 15) is 14.4 Å². The Bertz CT molecular complexity index is 833. The molecular formula is C13H17BrN4O4. The van der Waals surface area contributed by atoms with Crippen LogP contribution in [0.4, 0.5) is 0 Å². The third kappa shape index (κ3) is 2.85. The average Bonchev–Trinajstić information content (AvgIpc) is 2.80. The number of ether oxygens (including phenoxy) is 1. The molecule has 2 rings (SSSR count). The number of imidazole rings is 1. The fourth-order valence-electron chi connectivity index (χ4n) is 2.24. The Morgan fingerprint density at radius 2 is 1.95 bits per heavy atom. The summed E-state index contributed by atoms with van der Waals surface area (Å²) in [5.74, 6) is -0.275. The largest absolute Gasteiger partial charge is 0.466 e. The van der Waals surface area contributed by atoms with E-state index >= 15 is 0 Å². The van der Waals surface area contributed by atoms with Crippen molar-refractivity contribution in [1.82, 2.24) is 18.7 Å². The molecule has 0 N–H and O–H groups in total. The second kappa shape index (κ2) is 6.47. The zero-order chi connectivity index (χ0) is 16.4. The van der Waals surface area contributed by atoms with Crippen molar-refractivity contribution >= 4 is 33.1 Å². The van der Waals surface area contributed by atoms with Crippen LogP contribution in [0.1, 0.15) is 19.8 Å². The van der Waals surface area contributed by atoms with Gasteiger partial charge in [0, 0.05) is 27.1 Å². The van der Waals surface area contributed by atoms with Gasteiger partial charge in [0.2, 0.25) is 0 Å². The van der Waals surface area contributed by atoms with E-state index in [0.29, 0.717) is 35.5 Å². The second-order valence-corrected chi connectivity index (χ2v) is 5.53. The summed E-state index contributed by atoms with van der Waals surface area (Å²) < 4.78 is 9.34. The van der Waals surface area contributed by atoms with E-state index in [-0.39, 0.29) is 12.4 Å².